The molecule has 0 aromatic heterocycles. The predicted octanol–water partition coefficient (Wildman–Crippen LogP) is 4.05. The van der Waals surface area contributed by atoms with Crippen molar-refractivity contribution in [3.8, 4) is 0 Å². The molecule has 0 heterocycles. The molecule has 0 spiro atoms. The molecule has 3 heteroatoms. The summed E-state index contributed by atoms with van der Waals surface area (Å²) in [6.07, 6.45) is 0. The van der Waals surface area contributed by atoms with E-state index in [0.717, 1.165) is 28.1 Å². The van der Waals surface area contributed by atoms with E-state index in [-0.39, 0.29) is 0 Å². The van der Waals surface area contributed by atoms with Crippen molar-refractivity contribution < 1.29 is 9.90 Å². The third-order valence-electron chi connectivity index (χ3n) is 3.38. The number of carboxylic acids is 1. The fraction of sp³-hybridized carbons (Fsp3) is 0.188. The molecule has 19 heavy (non-hydrogen) atoms. The van der Waals surface area contributed by atoms with Gasteiger partial charge < -0.3 is 10.4 Å². The topological polar surface area (TPSA) is 49.3 Å². The maximum absolute atomic E-state index is 11.3. The summed E-state index contributed by atoms with van der Waals surface area (Å²) in [6.45, 7) is 5.76. The Labute approximate surface area is 112 Å². The highest BCUT2D eigenvalue weighted by molar-refractivity contribution is 5.92. The predicted molar refractivity (Wildman–Crippen MR) is 77.3 cm³/mol. The highest BCUT2D eigenvalue weighted by atomic mass is 16.4. The van der Waals surface area contributed by atoms with Crippen LogP contribution in [0.3, 0.4) is 0 Å². The van der Waals surface area contributed by atoms with E-state index in [9.17, 15) is 9.90 Å². The number of aryl methyl sites for hydroxylation is 1. The Morgan fingerprint density at radius 3 is 2.26 bits per heavy atom. The molecule has 0 amide bonds. The number of carbonyl (C=O) groups is 1. The van der Waals surface area contributed by atoms with Gasteiger partial charge in [-0.15, -0.1) is 0 Å². The molecule has 0 atom stereocenters. The van der Waals surface area contributed by atoms with E-state index in [0.29, 0.717) is 5.56 Å². The molecule has 0 saturated carbocycles. The van der Waals surface area contributed by atoms with Crippen molar-refractivity contribution in [1.29, 1.82) is 0 Å². The van der Waals surface area contributed by atoms with E-state index in [1.807, 2.05) is 51.1 Å². The van der Waals surface area contributed by atoms with Crippen molar-refractivity contribution in [2.24, 2.45) is 0 Å². The van der Waals surface area contributed by atoms with Crippen molar-refractivity contribution in [3.05, 3.63) is 58.7 Å². The molecule has 2 aromatic rings. The van der Waals surface area contributed by atoms with Gasteiger partial charge in [0.1, 0.15) is 0 Å². The third-order valence-corrected chi connectivity index (χ3v) is 3.38. The van der Waals surface area contributed by atoms with Gasteiger partial charge in [-0.3, -0.25) is 0 Å². The minimum atomic E-state index is -0.892. The van der Waals surface area contributed by atoms with Crippen molar-refractivity contribution in [1.82, 2.24) is 0 Å². The molecule has 3 nitrogen and oxygen atoms in total. The maximum atomic E-state index is 11.3. The number of rotatable bonds is 3. The van der Waals surface area contributed by atoms with Crippen LogP contribution < -0.4 is 5.32 Å². The van der Waals surface area contributed by atoms with Gasteiger partial charge >= 0.3 is 5.97 Å². The standard InChI is InChI=1S/C16H17NO2/c1-10-9-14(16(18)19)12(3)15(11(10)2)17-13-7-5-4-6-8-13/h4-9,17H,1-3H3,(H,18,19). The van der Waals surface area contributed by atoms with Crippen LogP contribution in [0, 0.1) is 20.8 Å². The molecule has 2 rings (SSSR count). The Bertz CT molecular complexity index is 618. The van der Waals surface area contributed by atoms with Crippen LogP contribution in [0.15, 0.2) is 36.4 Å². The number of para-hydroxylation sites is 1. The minimum Gasteiger partial charge on any atom is -0.478 e. The Hall–Kier alpha value is -2.29. The summed E-state index contributed by atoms with van der Waals surface area (Å²) in [6, 6.07) is 11.5. The van der Waals surface area contributed by atoms with E-state index in [1.54, 1.807) is 6.07 Å². The molecular weight excluding hydrogens is 238 g/mol. The van der Waals surface area contributed by atoms with E-state index >= 15 is 0 Å². The first-order chi connectivity index (χ1) is 9.00. The molecule has 0 unspecified atom stereocenters. The Morgan fingerprint density at radius 1 is 1.05 bits per heavy atom. The lowest BCUT2D eigenvalue weighted by Gasteiger charge is -2.17. The van der Waals surface area contributed by atoms with Crippen molar-refractivity contribution in [2.75, 3.05) is 5.32 Å². The van der Waals surface area contributed by atoms with Crippen LogP contribution >= 0.6 is 0 Å². The van der Waals surface area contributed by atoms with Crippen LogP contribution in [-0.2, 0) is 0 Å². The highest BCUT2D eigenvalue weighted by Gasteiger charge is 2.15. The Kier molecular flexibility index (Phi) is 3.56. The van der Waals surface area contributed by atoms with Crippen LogP contribution in [0.2, 0.25) is 0 Å². The van der Waals surface area contributed by atoms with Gasteiger partial charge in [0.15, 0.2) is 0 Å². The van der Waals surface area contributed by atoms with Gasteiger partial charge in [0.25, 0.3) is 0 Å². The fourth-order valence-corrected chi connectivity index (χ4v) is 2.12. The van der Waals surface area contributed by atoms with E-state index in [2.05, 4.69) is 5.32 Å². The second-order valence-corrected chi connectivity index (χ2v) is 4.66. The summed E-state index contributed by atoms with van der Waals surface area (Å²) in [4.78, 5) is 11.3. The van der Waals surface area contributed by atoms with Crippen LogP contribution in [0.25, 0.3) is 0 Å². The molecule has 0 aliphatic rings. The number of carboxylic acid groups (broad SMARTS) is 1. The number of benzene rings is 2. The van der Waals surface area contributed by atoms with Crippen LogP contribution in [-0.4, -0.2) is 11.1 Å². The highest BCUT2D eigenvalue weighted by Crippen LogP contribution is 2.29. The van der Waals surface area contributed by atoms with Crippen molar-refractivity contribution in [2.45, 2.75) is 20.8 Å². The molecular formula is C16H17NO2. The lowest BCUT2D eigenvalue weighted by molar-refractivity contribution is 0.0696. The second kappa shape index (κ2) is 5.14. The summed E-state index contributed by atoms with van der Waals surface area (Å²) in [5.41, 5.74) is 4.99. The molecule has 0 aliphatic carbocycles. The molecule has 98 valence electrons. The minimum absolute atomic E-state index is 0.349. The van der Waals surface area contributed by atoms with Crippen molar-refractivity contribution >= 4 is 17.3 Å². The average molecular weight is 255 g/mol. The van der Waals surface area contributed by atoms with Crippen molar-refractivity contribution in [3.63, 3.8) is 0 Å². The van der Waals surface area contributed by atoms with Gasteiger partial charge in [-0.05, 0) is 55.7 Å². The van der Waals surface area contributed by atoms with Gasteiger partial charge in [-0.1, -0.05) is 18.2 Å². The van der Waals surface area contributed by atoms with Gasteiger partial charge in [-0.25, -0.2) is 4.79 Å². The van der Waals surface area contributed by atoms with Crippen LogP contribution in [0.5, 0.6) is 0 Å². The number of aromatic carboxylic acids is 1. The first-order valence-corrected chi connectivity index (χ1v) is 6.17. The Balaban J connectivity index is 2.53. The zero-order chi connectivity index (χ0) is 14.0. The molecule has 0 saturated heterocycles. The smallest absolute Gasteiger partial charge is 0.336 e. The molecule has 0 radical (unpaired) electrons. The summed E-state index contributed by atoms with van der Waals surface area (Å²) in [5, 5.41) is 12.6. The fourth-order valence-electron chi connectivity index (χ4n) is 2.12. The van der Waals surface area contributed by atoms with Crippen LogP contribution in [0.1, 0.15) is 27.0 Å². The largest absolute Gasteiger partial charge is 0.478 e. The first kappa shape index (κ1) is 13.1. The normalized spacial score (nSPS) is 10.3. The summed E-state index contributed by atoms with van der Waals surface area (Å²) in [5.74, 6) is -0.892. The summed E-state index contributed by atoms with van der Waals surface area (Å²) >= 11 is 0. The summed E-state index contributed by atoms with van der Waals surface area (Å²) < 4.78 is 0. The van der Waals surface area contributed by atoms with Gasteiger partial charge in [0.05, 0.1) is 5.56 Å². The van der Waals surface area contributed by atoms with E-state index < -0.39 is 5.97 Å². The quantitative estimate of drug-likeness (QED) is 0.869. The molecule has 2 aromatic carbocycles. The summed E-state index contributed by atoms with van der Waals surface area (Å²) in [7, 11) is 0. The van der Waals surface area contributed by atoms with Gasteiger partial charge in [0, 0.05) is 11.4 Å². The van der Waals surface area contributed by atoms with Gasteiger partial charge in [0.2, 0.25) is 0 Å². The number of nitrogens with one attached hydrogen (secondary N) is 1. The van der Waals surface area contributed by atoms with Crippen LogP contribution in [0.4, 0.5) is 11.4 Å². The zero-order valence-corrected chi connectivity index (χ0v) is 11.3. The second-order valence-electron chi connectivity index (χ2n) is 4.66. The third kappa shape index (κ3) is 2.60. The lowest BCUT2D eigenvalue weighted by atomic mass is 9.97. The van der Waals surface area contributed by atoms with Gasteiger partial charge in [-0.2, -0.15) is 0 Å². The van der Waals surface area contributed by atoms with E-state index in [1.165, 1.54) is 0 Å². The van der Waals surface area contributed by atoms with E-state index in [4.69, 9.17) is 0 Å². The Morgan fingerprint density at radius 2 is 1.68 bits per heavy atom. The molecule has 0 aliphatic heterocycles. The lowest BCUT2D eigenvalue weighted by Crippen LogP contribution is -2.06. The molecule has 0 fully saturated rings. The number of hydrogen-bond donors (Lipinski definition) is 2. The monoisotopic (exact) mass is 255 g/mol. The average Bonchev–Trinajstić information content (AvgIpc) is 2.40. The SMILES string of the molecule is Cc1cc(C(=O)O)c(C)c(Nc2ccccc2)c1C. The zero-order valence-electron chi connectivity index (χ0n) is 11.3. The molecule has 0 bridgehead atoms. The first-order valence-electron chi connectivity index (χ1n) is 6.17. The molecule has 2 N–H and O–H groups in total. The number of anilines is 2. The maximum Gasteiger partial charge on any atom is 0.336 e. The number of hydrogen-bond acceptors (Lipinski definition) is 2.